The standard InChI is InChI=1S/C16H16N2O3S2/c19-16(11-22-13-4-2-1-3-5-13)18-23(20,21)14-6-7-15-12(10-14)8-9-17-15/h1-7,10,17H,8-9,11H2,(H,18,19). The van der Waals surface area contributed by atoms with E-state index in [-0.39, 0.29) is 10.6 Å². The molecule has 7 heteroatoms. The molecule has 1 aliphatic heterocycles. The summed E-state index contributed by atoms with van der Waals surface area (Å²) in [5, 5.41) is 3.17. The van der Waals surface area contributed by atoms with Crippen molar-refractivity contribution >= 4 is 33.4 Å². The highest BCUT2D eigenvalue weighted by molar-refractivity contribution is 8.00. The molecule has 2 N–H and O–H groups in total. The summed E-state index contributed by atoms with van der Waals surface area (Å²) < 4.78 is 26.7. The first-order valence-corrected chi connectivity index (χ1v) is 9.62. The number of hydrogen-bond acceptors (Lipinski definition) is 5. The summed E-state index contributed by atoms with van der Waals surface area (Å²) >= 11 is 1.30. The summed E-state index contributed by atoms with van der Waals surface area (Å²) in [6, 6.07) is 14.2. The summed E-state index contributed by atoms with van der Waals surface area (Å²) in [5.74, 6) is -0.479. The Hall–Kier alpha value is -1.99. The van der Waals surface area contributed by atoms with Crippen LogP contribution in [0.4, 0.5) is 5.69 Å². The van der Waals surface area contributed by atoms with Crippen molar-refractivity contribution in [1.29, 1.82) is 0 Å². The average molecular weight is 348 g/mol. The van der Waals surface area contributed by atoms with Crippen LogP contribution in [0, 0.1) is 0 Å². The van der Waals surface area contributed by atoms with Crippen LogP contribution in [0.25, 0.3) is 0 Å². The Bertz CT molecular complexity index is 820. The van der Waals surface area contributed by atoms with E-state index in [1.165, 1.54) is 17.8 Å². The molecule has 1 amide bonds. The molecule has 0 saturated heterocycles. The Morgan fingerprint density at radius 1 is 1.17 bits per heavy atom. The maximum absolute atomic E-state index is 12.3. The van der Waals surface area contributed by atoms with Gasteiger partial charge in [-0.05, 0) is 42.3 Å². The minimum absolute atomic E-state index is 0.0513. The maximum Gasteiger partial charge on any atom is 0.264 e. The van der Waals surface area contributed by atoms with Gasteiger partial charge in [0.2, 0.25) is 5.91 Å². The Labute approximate surface area is 139 Å². The third-order valence-corrected chi connectivity index (χ3v) is 5.84. The first-order chi connectivity index (χ1) is 11.0. The number of carbonyl (C=O) groups is 1. The second-order valence-electron chi connectivity index (χ2n) is 5.13. The molecule has 3 rings (SSSR count). The zero-order chi connectivity index (χ0) is 16.3. The van der Waals surface area contributed by atoms with Crippen LogP contribution in [0.5, 0.6) is 0 Å². The lowest BCUT2D eigenvalue weighted by Gasteiger charge is -2.08. The molecule has 0 radical (unpaired) electrons. The number of anilines is 1. The summed E-state index contributed by atoms with van der Waals surface area (Å²) in [6.07, 6.45) is 0.788. The van der Waals surface area contributed by atoms with Gasteiger partial charge in [0.25, 0.3) is 10.0 Å². The number of nitrogens with one attached hydrogen (secondary N) is 2. The van der Waals surface area contributed by atoms with Crippen LogP contribution in [0.2, 0.25) is 0 Å². The molecule has 0 fully saturated rings. The number of benzene rings is 2. The molecular weight excluding hydrogens is 332 g/mol. The van der Waals surface area contributed by atoms with Gasteiger partial charge >= 0.3 is 0 Å². The van der Waals surface area contributed by atoms with Crippen LogP contribution in [0.15, 0.2) is 58.3 Å². The predicted molar refractivity (Wildman–Crippen MR) is 91.1 cm³/mol. The van der Waals surface area contributed by atoms with Gasteiger partial charge in [-0.3, -0.25) is 4.79 Å². The van der Waals surface area contributed by atoms with Crippen LogP contribution >= 0.6 is 11.8 Å². The van der Waals surface area contributed by atoms with Crippen molar-refractivity contribution in [3.63, 3.8) is 0 Å². The quantitative estimate of drug-likeness (QED) is 0.811. The molecule has 120 valence electrons. The second kappa shape index (κ2) is 6.64. The Morgan fingerprint density at radius 3 is 2.74 bits per heavy atom. The van der Waals surface area contributed by atoms with Crippen LogP contribution in [-0.2, 0) is 21.2 Å². The maximum atomic E-state index is 12.3. The molecule has 0 atom stereocenters. The Kier molecular flexibility index (Phi) is 4.58. The van der Waals surface area contributed by atoms with Crippen molar-refractivity contribution in [1.82, 2.24) is 4.72 Å². The van der Waals surface area contributed by atoms with Crippen molar-refractivity contribution in [2.24, 2.45) is 0 Å². The van der Waals surface area contributed by atoms with Crippen LogP contribution in [0.3, 0.4) is 0 Å². The number of amides is 1. The van der Waals surface area contributed by atoms with E-state index in [1.807, 2.05) is 30.3 Å². The average Bonchev–Trinajstić information content (AvgIpc) is 3.01. The van der Waals surface area contributed by atoms with Gasteiger partial charge in [0, 0.05) is 17.1 Å². The molecule has 0 saturated carbocycles. The van der Waals surface area contributed by atoms with Gasteiger partial charge in [-0.15, -0.1) is 11.8 Å². The molecule has 0 unspecified atom stereocenters. The number of fused-ring (bicyclic) bond motifs is 1. The van der Waals surface area contributed by atoms with Crippen molar-refractivity contribution in [2.75, 3.05) is 17.6 Å². The van der Waals surface area contributed by atoms with E-state index in [9.17, 15) is 13.2 Å². The van der Waals surface area contributed by atoms with Gasteiger partial charge in [-0.25, -0.2) is 13.1 Å². The van der Waals surface area contributed by atoms with E-state index in [4.69, 9.17) is 0 Å². The number of hydrogen-bond donors (Lipinski definition) is 2. The molecule has 0 aromatic heterocycles. The molecule has 23 heavy (non-hydrogen) atoms. The third kappa shape index (κ3) is 3.86. The largest absolute Gasteiger partial charge is 0.384 e. The van der Waals surface area contributed by atoms with E-state index in [2.05, 4.69) is 10.0 Å². The monoisotopic (exact) mass is 348 g/mol. The first kappa shape index (κ1) is 15.9. The molecular formula is C16H16N2O3S2. The van der Waals surface area contributed by atoms with Crippen molar-refractivity contribution < 1.29 is 13.2 Å². The van der Waals surface area contributed by atoms with Crippen LogP contribution in [-0.4, -0.2) is 26.6 Å². The van der Waals surface area contributed by atoms with Crippen molar-refractivity contribution in [3.8, 4) is 0 Å². The smallest absolute Gasteiger partial charge is 0.264 e. The minimum atomic E-state index is -3.83. The summed E-state index contributed by atoms with van der Waals surface area (Å²) in [7, 11) is -3.83. The predicted octanol–water partition coefficient (Wildman–Crippen LogP) is 2.25. The first-order valence-electron chi connectivity index (χ1n) is 7.15. The van der Waals surface area contributed by atoms with E-state index in [1.54, 1.807) is 12.1 Å². The fourth-order valence-electron chi connectivity index (χ4n) is 2.35. The number of carbonyl (C=O) groups excluding carboxylic acids is 1. The van der Waals surface area contributed by atoms with Gasteiger partial charge in [0.1, 0.15) is 0 Å². The number of sulfonamides is 1. The van der Waals surface area contributed by atoms with Crippen LogP contribution < -0.4 is 10.0 Å². The minimum Gasteiger partial charge on any atom is -0.384 e. The van der Waals surface area contributed by atoms with Gasteiger partial charge < -0.3 is 5.32 Å². The number of thioether (sulfide) groups is 1. The molecule has 1 aliphatic rings. The molecule has 5 nitrogen and oxygen atoms in total. The van der Waals surface area contributed by atoms with E-state index in [0.717, 1.165) is 29.1 Å². The van der Waals surface area contributed by atoms with E-state index in [0.29, 0.717) is 0 Å². The highest BCUT2D eigenvalue weighted by Crippen LogP contribution is 2.25. The topological polar surface area (TPSA) is 75.3 Å². The molecule has 0 aliphatic carbocycles. The van der Waals surface area contributed by atoms with E-state index >= 15 is 0 Å². The van der Waals surface area contributed by atoms with Gasteiger partial charge in [-0.2, -0.15) is 0 Å². The normalized spacial score (nSPS) is 13.2. The van der Waals surface area contributed by atoms with Crippen LogP contribution in [0.1, 0.15) is 5.56 Å². The van der Waals surface area contributed by atoms with E-state index < -0.39 is 15.9 Å². The van der Waals surface area contributed by atoms with Gasteiger partial charge in [0.15, 0.2) is 0 Å². The molecule has 0 spiro atoms. The third-order valence-electron chi connectivity index (χ3n) is 3.46. The fraction of sp³-hybridized carbons (Fsp3) is 0.188. The fourth-order valence-corrected chi connectivity index (χ4v) is 4.20. The lowest BCUT2D eigenvalue weighted by atomic mass is 10.2. The zero-order valence-corrected chi connectivity index (χ0v) is 13.9. The molecule has 0 bridgehead atoms. The Morgan fingerprint density at radius 2 is 1.96 bits per heavy atom. The summed E-state index contributed by atoms with van der Waals surface area (Å²) in [5.41, 5.74) is 1.91. The summed E-state index contributed by atoms with van der Waals surface area (Å²) in [6.45, 7) is 0.804. The van der Waals surface area contributed by atoms with Crippen molar-refractivity contribution in [3.05, 3.63) is 54.1 Å². The molecule has 2 aromatic carbocycles. The lowest BCUT2D eigenvalue weighted by Crippen LogP contribution is -2.31. The highest BCUT2D eigenvalue weighted by atomic mass is 32.2. The second-order valence-corrected chi connectivity index (χ2v) is 7.86. The lowest BCUT2D eigenvalue weighted by molar-refractivity contribution is -0.116. The van der Waals surface area contributed by atoms with Crippen molar-refractivity contribution in [2.45, 2.75) is 16.2 Å². The molecule has 1 heterocycles. The number of rotatable bonds is 5. The van der Waals surface area contributed by atoms with Gasteiger partial charge in [0.05, 0.1) is 10.6 Å². The SMILES string of the molecule is O=C(CSc1ccccc1)NS(=O)(=O)c1ccc2c(c1)CCN2. The highest BCUT2D eigenvalue weighted by Gasteiger charge is 2.20. The van der Waals surface area contributed by atoms with Gasteiger partial charge in [-0.1, -0.05) is 18.2 Å². The Balaban J connectivity index is 1.65. The summed E-state index contributed by atoms with van der Waals surface area (Å²) in [4.78, 5) is 13.0. The molecule has 2 aromatic rings. The zero-order valence-electron chi connectivity index (χ0n) is 12.3.